The molecule has 3 aliphatic rings. The number of hydrogen-bond donors (Lipinski definition) is 2. The molecule has 3 atom stereocenters. The lowest BCUT2D eigenvalue weighted by molar-refractivity contribution is -0.149. The fraction of sp³-hybridized carbons (Fsp3) is 0.345. The summed E-state index contributed by atoms with van der Waals surface area (Å²) in [6.07, 6.45) is 3.13. The van der Waals surface area contributed by atoms with E-state index in [-0.39, 0.29) is 17.7 Å². The molecule has 6 heterocycles. The van der Waals surface area contributed by atoms with Crippen molar-refractivity contribution < 1.29 is 23.5 Å². The number of aryl methyl sites for hydroxylation is 3. The van der Waals surface area contributed by atoms with Crippen molar-refractivity contribution in [2.75, 3.05) is 7.11 Å². The SMILES string of the molecule is COC(=O)N[C@H]1C[C@H]2C[C@H]1OC(=O)CCc1ccc(cc1)-c1c(-c3cn(C)nc3F)[nH]c3ncc4c(c13)n2c(=O)n4C. The van der Waals surface area contributed by atoms with Gasteiger partial charge in [0.05, 0.1) is 47.0 Å². The maximum Gasteiger partial charge on any atom is 0.407 e. The molecule has 0 spiro atoms. The minimum Gasteiger partial charge on any atom is -0.460 e. The van der Waals surface area contributed by atoms with E-state index in [2.05, 4.69) is 20.4 Å². The number of ether oxygens (including phenoxy) is 2. The van der Waals surface area contributed by atoms with E-state index >= 15 is 4.39 Å². The smallest absolute Gasteiger partial charge is 0.407 e. The van der Waals surface area contributed by atoms with Crippen LogP contribution in [0.3, 0.4) is 0 Å². The Morgan fingerprint density at radius 2 is 1.95 bits per heavy atom. The first-order valence-corrected chi connectivity index (χ1v) is 13.7. The molecule has 4 aromatic heterocycles. The van der Waals surface area contributed by atoms with Gasteiger partial charge in [0, 0.05) is 44.7 Å². The van der Waals surface area contributed by atoms with E-state index < -0.39 is 36.2 Å². The van der Waals surface area contributed by atoms with Gasteiger partial charge in [-0.2, -0.15) is 4.39 Å². The Balaban J connectivity index is 1.55. The van der Waals surface area contributed by atoms with Crippen LogP contribution in [-0.2, 0) is 34.8 Å². The molecule has 1 aromatic carbocycles. The minimum atomic E-state index is -0.668. The number of esters is 1. The molecular weight excluding hydrogens is 545 g/mol. The number of pyridine rings is 1. The summed E-state index contributed by atoms with van der Waals surface area (Å²) in [5.41, 5.74) is 4.55. The Labute approximate surface area is 238 Å². The second kappa shape index (κ2) is 9.57. The number of imidazole rings is 1. The van der Waals surface area contributed by atoms with Crippen molar-refractivity contribution in [1.82, 2.24) is 34.2 Å². The largest absolute Gasteiger partial charge is 0.460 e. The second-order valence-corrected chi connectivity index (χ2v) is 10.9. The third kappa shape index (κ3) is 3.98. The topological polar surface area (TPSA) is 138 Å². The standard InChI is InChI=1S/C29H28FN7O5/c1-35-13-17(26(30)34-35)24-22-15-7-4-14(5-8-15)6-9-21(38)42-20-11-16(10-18(20)32-28(39)41-3)37-25-19(36(2)29(37)40)12-31-27(33-24)23(22)25/h4-5,7-8,12-13,16,18,20H,6,9-11H2,1-3H3,(H,31,33)(H,32,39)/t16-,18-,20+/m0/s1. The molecule has 4 bridgehead atoms. The summed E-state index contributed by atoms with van der Waals surface area (Å²) in [5.74, 6) is -1.03. The van der Waals surface area contributed by atoms with E-state index in [0.29, 0.717) is 52.6 Å². The van der Waals surface area contributed by atoms with Gasteiger partial charge in [-0.25, -0.2) is 14.6 Å². The van der Waals surface area contributed by atoms with Crippen LogP contribution in [0.4, 0.5) is 9.18 Å². The average molecular weight is 574 g/mol. The molecule has 0 radical (unpaired) electrons. The lowest BCUT2D eigenvalue weighted by Gasteiger charge is -2.20. The highest BCUT2D eigenvalue weighted by atomic mass is 19.1. The quantitative estimate of drug-likeness (QED) is 0.309. The Kier molecular flexibility index (Phi) is 5.92. The fourth-order valence-electron chi connectivity index (χ4n) is 6.43. The number of hydrogen-bond acceptors (Lipinski definition) is 7. The number of carbonyl (C=O) groups excluding carboxylic acids is 2. The number of rotatable bonds is 2. The van der Waals surface area contributed by atoms with Gasteiger partial charge in [0.1, 0.15) is 11.8 Å². The third-order valence-corrected chi connectivity index (χ3v) is 8.40. The van der Waals surface area contributed by atoms with Crippen LogP contribution < -0.4 is 11.0 Å². The van der Waals surface area contributed by atoms with Crippen LogP contribution in [0.15, 0.2) is 41.5 Å². The maximum atomic E-state index is 15.1. The van der Waals surface area contributed by atoms with Gasteiger partial charge < -0.3 is 19.8 Å². The van der Waals surface area contributed by atoms with Crippen LogP contribution in [0, 0.1) is 5.95 Å². The summed E-state index contributed by atoms with van der Waals surface area (Å²) < 4.78 is 30.4. The molecule has 1 aliphatic carbocycles. The number of H-pyrrole nitrogens is 1. The number of amides is 1. The first kappa shape index (κ1) is 26.0. The first-order valence-electron chi connectivity index (χ1n) is 13.7. The number of methoxy groups -OCH3 is 1. The molecule has 216 valence electrons. The van der Waals surface area contributed by atoms with E-state index in [0.717, 1.165) is 11.1 Å². The Morgan fingerprint density at radius 1 is 1.17 bits per heavy atom. The van der Waals surface area contributed by atoms with Crippen LogP contribution in [-0.4, -0.2) is 60.2 Å². The number of benzene rings is 1. The molecule has 42 heavy (non-hydrogen) atoms. The summed E-state index contributed by atoms with van der Waals surface area (Å²) in [6, 6.07) is 6.69. The molecule has 12 nitrogen and oxygen atoms in total. The molecule has 1 amide bonds. The highest BCUT2D eigenvalue weighted by Crippen LogP contribution is 2.43. The van der Waals surface area contributed by atoms with Gasteiger partial charge in [0.15, 0.2) is 0 Å². The highest BCUT2D eigenvalue weighted by molar-refractivity contribution is 6.14. The lowest BCUT2D eigenvalue weighted by atomic mass is 9.97. The fourth-order valence-corrected chi connectivity index (χ4v) is 6.43. The number of halogens is 1. The molecule has 1 fully saturated rings. The van der Waals surface area contributed by atoms with Crippen LogP contribution >= 0.6 is 0 Å². The number of aromatic nitrogens is 6. The summed E-state index contributed by atoms with van der Waals surface area (Å²) >= 11 is 0. The number of nitrogens with one attached hydrogen (secondary N) is 2. The van der Waals surface area contributed by atoms with Crippen LogP contribution in [0.5, 0.6) is 0 Å². The van der Waals surface area contributed by atoms with Gasteiger partial charge >= 0.3 is 17.8 Å². The second-order valence-electron chi connectivity index (χ2n) is 10.9. The van der Waals surface area contributed by atoms with Crippen molar-refractivity contribution >= 4 is 34.1 Å². The van der Waals surface area contributed by atoms with Crippen molar-refractivity contribution in [3.8, 4) is 22.4 Å². The molecular formula is C29H28FN7O5. The first-order chi connectivity index (χ1) is 20.2. The van der Waals surface area contributed by atoms with E-state index in [1.54, 1.807) is 31.1 Å². The monoisotopic (exact) mass is 573 g/mol. The number of nitrogens with zero attached hydrogens (tertiary/aromatic N) is 5. The van der Waals surface area contributed by atoms with E-state index in [1.807, 2.05) is 24.3 Å². The zero-order chi connectivity index (χ0) is 29.3. The van der Waals surface area contributed by atoms with Gasteiger partial charge in [-0.05, 0) is 24.0 Å². The van der Waals surface area contributed by atoms with E-state index in [4.69, 9.17) is 9.47 Å². The summed E-state index contributed by atoms with van der Waals surface area (Å²) in [6.45, 7) is 0. The maximum absolute atomic E-state index is 15.1. The van der Waals surface area contributed by atoms with Crippen LogP contribution in [0.2, 0.25) is 0 Å². The van der Waals surface area contributed by atoms with Gasteiger partial charge in [-0.1, -0.05) is 24.3 Å². The predicted molar refractivity (Wildman–Crippen MR) is 150 cm³/mol. The predicted octanol–water partition coefficient (Wildman–Crippen LogP) is 3.34. The molecule has 0 unspecified atom stereocenters. The van der Waals surface area contributed by atoms with Crippen molar-refractivity contribution in [1.29, 1.82) is 0 Å². The van der Waals surface area contributed by atoms with Gasteiger partial charge in [-0.15, -0.1) is 5.10 Å². The molecule has 2 N–H and O–H groups in total. The summed E-state index contributed by atoms with van der Waals surface area (Å²) in [5, 5.41) is 7.35. The number of alkyl carbamates (subject to hydrolysis) is 1. The highest BCUT2D eigenvalue weighted by Gasteiger charge is 2.41. The molecule has 0 saturated heterocycles. The summed E-state index contributed by atoms with van der Waals surface area (Å²) in [7, 11) is 4.59. The zero-order valence-electron chi connectivity index (χ0n) is 23.2. The van der Waals surface area contributed by atoms with Crippen molar-refractivity contribution in [3.63, 3.8) is 0 Å². The Morgan fingerprint density at radius 3 is 2.67 bits per heavy atom. The molecule has 1 saturated carbocycles. The third-order valence-electron chi connectivity index (χ3n) is 8.40. The zero-order valence-corrected chi connectivity index (χ0v) is 23.2. The average Bonchev–Trinajstić information content (AvgIpc) is 3.70. The Bertz CT molecular complexity index is 1950. The van der Waals surface area contributed by atoms with Gasteiger partial charge in [0.25, 0.3) is 0 Å². The van der Waals surface area contributed by atoms with E-state index in [1.165, 1.54) is 16.4 Å². The van der Waals surface area contributed by atoms with Crippen molar-refractivity contribution in [2.45, 2.75) is 43.9 Å². The molecule has 13 heteroatoms. The number of carbonyl (C=O) groups is 2. The van der Waals surface area contributed by atoms with Crippen molar-refractivity contribution in [2.24, 2.45) is 14.1 Å². The van der Waals surface area contributed by atoms with Gasteiger partial charge in [0.2, 0.25) is 5.95 Å². The van der Waals surface area contributed by atoms with Crippen LogP contribution in [0.25, 0.3) is 44.5 Å². The molecule has 5 aromatic rings. The summed E-state index contributed by atoms with van der Waals surface area (Å²) in [4.78, 5) is 46.9. The van der Waals surface area contributed by atoms with Crippen molar-refractivity contribution in [3.05, 3.63) is 58.7 Å². The number of aromatic amines is 1. The van der Waals surface area contributed by atoms with Crippen LogP contribution in [0.1, 0.15) is 30.9 Å². The Hall–Kier alpha value is -4.94. The normalized spacial score (nSPS) is 20.2. The minimum absolute atomic E-state index is 0.145. The lowest BCUT2D eigenvalue weighted by Crippen LogP contribution is -2.41. The molecule has 8 rings (SSSR count). The van der Waals surface area contributed by atoms with E-state index in [9.17, 15) is 14.4 Å². The molecule has 2 aliphatic heterocycles. The van der Waals surface area contributed by atoms with Gasteiger partial charge in [-0.3, -0.25) is 18.6 Å². The number of fused-ring (bicyclic) bond motifs is 5.